The maximum absolute atomic E-state index is 5.58. The summed E-state index contributed by atoms with van der Waals surface area (Å²) in [7, 11) is 0. The zero-order chi connectivity index (χ0) is 39.3. The molecule has 3 aromatic heterocycles. The fourth-order valence-electron chi connectivity index (χ4n) is 9.88. The van der Waals surface area contributed by atoms with E-state index < -0.39 is 0 Å². The van der Waals surface area contributed by atoms with Crippen LogP contribution in [-0.2, 0) is 0 Å². The van der Waals surface area contributed by atoms with Gasteiger partial charge in [-0.15, -0.1) is 0 Å². The number of rotatable bonds is 4. The van der Waals surface area contributed by atoms with Crippen LogP contribution in [0, 0.1) is 0 Å². The van der Waals surface area contributed by atoms with E-state index in [1.807, 2.05) is 0 Å². The van der Waals surface area contributed by atoms with Gasteiger partial charge in [-0.3, -0.25) is 4.57 Å². The fourth-order valence-corrected chi connectivity index (χ4v) is 9.88. The highest BCUT2D eigenvalue weighted by molar-refractivity contribution is 6.23. The van der Waals surface area contributed by atoms with Gasteiger partial charge in [0.25, 0.3) is 0 Å². The summed E-state index contributed by atoms with van der Waals surface area (Å²) in [4.78, 5) is 10.9. The van der Waals surface area contributed by atoms with E-state index >= 15 is 0 Å². The highest BCUT2D eigenvalue weighted by atomic mass is 15.2. The molecule has 0 bridgehead atoms. The monoisotopic (exact) mass is 762 g/mol. The van der Waals surface area contributed by atoms with Gasteiger partial charge >= 0.3 is 0 Å². The lowest BCUT2D eigenvalue weighted by Gasteiger charge is -2.15. The first-order chi connectivity index (χ1) is 29.8. The normalized spacial score (nSPS) is 12.0. The van der Waals surface area contributed by atoms with Gasteiger partial charge in [-0.25, -0.2) is 9.97 Å². The van der Waals surface area contributed by atoms with Crippen LogP contribution in [0.3, 0.4) is 0 Å². The third-order valence-electron chi connectivity index (χ3n) is 12.5. The Labute approximate surface area is 344 Å². The quantitative estimate of drug-likeness (QED) is 0.179. The predicted molar refractivity (Wildman–Crippen MR) is 252 cm³/mol. The summed E-state index contributed by atoms with van der Waals surface area (Å²) in [5, 5.41) is 13.1. The summed E-state index contributed by atoms with van der Waals surface area (Å²) in [5.74, 6) is 0.644. The molecule has 0 amide bonds. The molecule has 0 unspecified atom stereocenters. The van der Waals surface area contributed by atoms with E-state index in [-0.39, 0.29) is 0 Å². The summed E-state index contributed by atoms with van der Waals surface area (Å²) >= 11 is 0. The molecule has 3 heterocycles. The maximum atomic E-state index is 5.58. The van der Waals surface area contributed by atoms with E-state index in [1.165, 1.54) is 65.3 Å². The van der Waals surface area contributed by atoms with E-state index in [2.05, 4.69) is 215 Å². The van der Waals surface area contributed by atoms with Crippen molar-refractivity contribution in [2.24, 2.45) is 0 Å². The Hall–Kier alpha value is -8.08. The van der Waals surface area contributed by atoms with Crippen molar-refractivity contribution in [2.45, 2.75) is 0 Å². The molecule has 0 radical (unpaired) electrons. The van der Waals surface area contributed by atoms with Crippen LogP contribution in [0.1, 0.15) is 0 Å². The largest absolute Gasteiger partial charge is 0.309 e. The molecule has 0 aliphatic rings. The molecule has 4 heteroatoms. The van der Waals surface area contributed by atoms with Crippen molar-refractivity contribution in [2.75, 3.05) is 0 Å². The summed E-state index contributed by atoms with van der Waals surface area (Å²) in [5.41, 5.74) is 10.9. The highest BCUT2D eigenvalue weighted by Crippen LogP contribution is 2.42. The Balaban J connectivity index is 1.11. The SMILES string of the molecule is c1ccc(-c2ccc(-c3nc(-n4c5ccc(-n6c7ccccc7c7ccc8ccccc8c76)cc5c5c6ccccc6ccc54)nc4ccccc34)c3ccccc23)cc1. The van der Waals surface area contributed by atoms with Crippen molar-refractivity contribution in [3.05, 3.63) is 206 Å². The molecule has 0 saturated heterocycles. The third kappa shape index (κ3) is 4.73. The Kier molecular flexibility index (Phi) is 6.98. The molecule has 10 aromatic carbocycles. The van der Waals surface area contributed by atoms with Crippen molar-refractivity contribution < 1.29 is 0 Å². The predicted octanol–water partition coefficient (Wildman–Crippen LogP) is 14.6. The lowest BCUT2D eigenvalue weighted by Crippen LogP contribution is -2.04. The van der Waals surface area contributed by atoms with Crippen molar-refractivity contribution in [1.82, 2.24) is 19.1 Å². The molecule has 13 aromatic rings. The average molecular weight is 763 g/mol. The lowest BCUT2D eigenvalue weighted by molar-refractivity contribution is 1.01. The van der Waals surface area contributed by atoms with E-state index in [4.69, 9.17) is 9.97 Å². The maximum Gasteiger partial charge on any atom is 0.235 e. The molecule has 0 spiro atoms. The van der Waals surface area contributed by atoms with Crippen LogP contribution >= 0.6 is 0 Å². The Morgan fingerprint density at radius 1 is 0.333 bits per heavy atom. The molecule has 13 rings (SSSR count). The topological polar surface area (TPSA) is 35.6 Å². The molecule has 0 aliphatic heterocycles. The second kappa shape index (κ2) is 12.7. The van der Waals surface area contributed by atoms with Crippen LogP contribution in [0.4, 0.5) is 0 Å². The van der Waals surface area contributed by atoms with E-state index in [9.17, 15) is 0 Å². The first-order valence-electron chi connectivity index (χ1n) is 20.5. The first kappa shape index (κ1) is 32.9. The van der Waals surface area contributed by atoms with Gasteiger partial charge in [-0.05, 0) is 74.5 Å². The molecule has 0 fully saturated rings. The van der Waals surface area contributed by atoms with Crippen molar-refractivity contribution >= 4 is 86.8 Å². The molecule has 0 N–H and O–H groups in total. The van der Waals surface area contributed by atoms with Gasteiger partial charge in [0.2, 0.25) is 5.95 Å². The lowest BCUT2D eigenvalue weighted by atomic mass is 9.93. The van der Waals surface area contributed by atoms with E-state index in [1.54, 1.807) is 0 Å². The van der Waals surface area contributed by atoms with Crippen molar-refractivity contribution in [3.63, 3.8) is 0 Å². The number of hydrogen-bond acceptors (Lipinski definition) is 2. The van der Waals surface area contributed by atoms with Gasteiger partial charge in [-0.1, -0.05) is 170 Å². The summed E-state index contributed by atoms with van der Waals surface area (Å²) in [6.07, 6.45) is 0. The van der Waals surface area contributed by atoms with E-state index in [0.29, 0.717) is 5.95 Å². The van der Waals surface area contributed by atoms with Crippen LogP contribution in [0.5, 0.6) is 0 Å². The Morgan fingerprint density at radius 3 is 1.77 bits per heavy atom. The van der Waals surface area contributed by atoms with Gasteiger partial charge in [0.05, 0.1) is 33.3 Å². The smallest absolute Gasteiger partial charge is 0.235 e. The third-order valence-corrected chi connectivity index (χ3v) is 12.5. The second-order valence-electron chi connectivity index (χ2n) is 15.7. The van der Waals surface area contributed by atoms with Gasteiger partial charge in [0, 0.05) is 43.6 Å². The van der Waals surface area contributed by atoms with Crippen LogP contribution in [-0.4, -0.2) is 19.1 Å². The minimum absolute atomic E-state index is 0.644. The minimum Gasteiger partial charge on any atom is -0.309 e. The molecule has 0 saturated carbocycles. The standard InChI is InChI=1S/C56H34N4/c1-2-14-35(15-3-1)39-30-31-45(43-21-9-8-20-42(39)43)54-47-23-10-12-24-49(47)57-56(58-54)60-51-33-28-38(34-48(51)53-40-18-6-4-16-36(40)27-32-52(53)60)59-50-25-13-11-22-44(50)46-29-26-37-17-5-7-19-41(37)55(46)59/h1-34H. The molecule has 0 atom stereocenters. The van der Waals surface area contributed by atoms with Crippen LogP contribution < -0.4 is 0 Å². The van der Waals surface area contributed by atoms with Crippen molar-refractivity contribution in [1.29, 1.82) is 0 Å². The number of fused-ring (bicyclic) bond motifs is 12. The first-order valence-corrected chi connectivity index (χ1v) is 20.5. The summed E-state index contributed by atoms with van der Waals surface area (Å²) in [6.45, 7) is 0. The Morgan fingerprint density at radius 2 is 0.933 bits per heavy atom. The van der Waals surface area contributed by atoms with Crippen LogP contribution in [0.25, 0.3) is 121 Å². The number of nitrogens with zero attached hydrogens (tertiary/aromatic N) is 4. The summed E-state index contributed by atoms with van der Waals surface area (Å²) < 4.78 is 4.73. The fraction of sp³-hybridized carbons (Fsp3) is 0. The van der Waals surface area contributed by atoms with Gasteiger partial charge < -0.3 is 4.57 Å². The number of para-hydroxylation sites is 2. The highest BCUT2D eigenvalue weighted by Gasteiger charge is 2.22. The summed E-state index contributed by atoms with van der Waals surface area (Å²) in [6, 6.07) is 74.3. The van der Waals surface area contributed by atoms with E-state index in [0.717, 1.165) is 49.7 Å². The number of hydrogen-bond donors (Lipinski definition) is 0. The number of benzene rings is 10. The van der Waals surface area contributed by atoms with Crippen LogP contribution in [0.15, 0.2) is 206 Å². The molecule has 60 heavy (non-hydrogen) atoms. The van der Waals surface area contributed by atoms with Gasteiger partial charge in [0.1, 0.15) is 0 Å². The molecule has 4 nitrogen and oxygen atoms in total. The van der Waals surface area contributed by atoms with Crippen molar-refractivity contribution in [3.8, 4) is 34.0 Å². The van der Waals surface area contributed by atoms with Crippen LogP contribution in [0.2, 0.25) is 0 Å². The zero-order valence-corrected chi connectivity index (χ0v) is 32.4. The zero-order valence-electron chi connectivity index (χ0n) is 32.4. The molecular weight excluding hydrogens is 729 g/mol. The number of aromatic nitrogens is 4. The molecule has 0 aliphatic carbocycles. The average Bonchev–Trinajstić information content (AvgIpc) is 3.84. The minimum atomic E-state index is 0.644. The Bertz CT molecular complexity index is 3890. The molecular formula is C56H34N4. The van der Waals surface area contributed by atoms with Gasteiger partial charge in [-0.2, -0.15) is 0 Å². The second-order valence-corrected chi connectivity index (χ2v) is 15.7. The molecule has 278 valence electrons. The van der Waals surface area contributed by atoms with Gasteiger partial charge in [0.15, 0.2) is 0 Å².